The van der Waals surface area contributed by atoms with Crippen LogP contribution < -0.4 is 11.1 Å². The van der Waals surface area contributed by atoms with Gasteiger partial charge in [-0.15, -0.1) is 0 Å². The van der Waals surface area contributed by atoms with E-state index in [4.69, 9.17) is 11.0 Å². The standard InChI is InChI=1S/C12H15N3O/c13-8-10-3-1-4-11(7-10)9-15-6-2-5-12(14)16/h1,3-4,7,15H,2,5-6,9H2,(H2,14,16). The van der Waals surface area contributed by atoms with Gasteiger partial charge in [-0.05, 0) is 30.7 Å². The van der Waals surface area contributed by atoms with Crippen molar-refractivity contribution < 1.29 is 4.79 Å². The molecule has 84 valence electrons. The Labute approximate surface area is 95.1 Å². The summed E-state index contributed by atoms with van der Waals surface area (Å²) in [7, 11) is 0. The smallest absolute Gasteiger partial charge is 0.217 e. The predicted octanol–water partition coefficient (Wildman–Crippen LogP) is 0.913. The number of hydrogen-bond donors (Lipinski definition) is 2. The van der Waals surface area contributed by atoms with Crippen molar-refractivity contribution in [3.8, 4) is 6.07 Å². The van der Waals surface area contributed by atoms with E-state index in [-0.39, 0.29) is 5.91 Å². The lowest BCUT2D eigenvalue weighted by Crippen LogP contribution is -2.18. The van der Waals surface area contributed by atoms with Crippen LogP contribution in [0.4, 0.5) is 0 Å². The molecule has 4 heteroatoms. The number of amides is 1. The summed E-state index contributed by atoms with van der Waals surface area (Å²) < 4.78 is 0. The number of nitrogens with two attached hydrogens (primary N) is 1. The highest BCUT2D eigenvalue weighted by Gasteiger charge is 1.96. The molecule has 0 radical (unpaired) electrons. The van der Waals surface area contributed by atoms with Crippen LogP contribution >= 0.6 is 0 Å². The molecule has 1 amide bonds. The van der Waals surface area contributed by atoms with E-state index in [0.717, 1.165) is 18.5 Å². The Bertz CT molecular complexity index is 395. The van der Waals surface area contributed by atoms with Gasteiger partial charge in [-0.1, -0.05) is 12.1 Å². The van der Waals surface area contributed by atoms with E-state index < -0.39 is 0 Å². The third kappa shape index (κ3) is 4.58. The third-order valence-electron chi connectivity index (χ3n) is 2.16. The number of hydrogen-bond acceptors (Lipinski definition) is 3. The molecule has 0 aromatic heterocycles. The highest BCUT2D eigenvalue weighted by molar-refractivity contribution is 5.73. The van der Waals surface area contributed by atoms with E-state index in [0.29, 0.717) is 18.5 Å². The molecule has 0 atom stereocenters. The highest BCUT2D eigenvalue weighted by atomic mass is 16.1. The molecule has 0 heterocycles. The van der Waals surface area contributed by atoms with Crippen molar-refractivity contribution in [2.75, 3.05) is 6.54 Å². The number of carbonyl (C=O) groups excluding carboxylic acids is 1. The molecule has 0 saturated heterocycles. The number of benzene rings is 1. The topological polar surface area (TPSA) is 78.9 Å². The number of nitriles is 1. The van der Waals surface area contributed by atoms with Crippen molar-refractivity contribution in [2.24, 2.45) is 5.73 Å². The number of primary amides is 1. The lowest BCUT2D eigenvalue weighted by Gasteiger charge is -2.04. The van der Waals surface area contributed by atoms with Crippen molar-refractivity contribution in [1.82, 2.24) is 5.32 Å². The van der Waals surface area contributed by atoms with Gasteiger partial charge in [-0.25, -0.2) is 0 Å². The molecular weight excluding hydrogens is 202 g/mol. The lowest BCUT2D eigenvalue weighted by molar-refractivity contribution is -0.118. The van der Waals surface area contributed by atoms with Gasteiger partial charge >= 0.3 is 0 Å². The van der Waals surface area contributed by atoms with Gasteiger partial charge in [0, 0.05) is 13.0 Å². The largest absolute Gasteiger partial charge is 0.370 e. The summed E-state index contributed by atoms with van der Waals surface area (Å²) in [5, 5.41) is 11.9. The third-order valence-corrected chi connectivity index (χ3v) is 2.16. The normalized spacial score (nSPS) is 9.69. The summed E-state index contributed by atoms with van der Waals surface area (Å²) >= 11 is 0. The fourth-order valence-electron chi connectivity index (χ4n) is 1.37. The fraction of sp³-hybridized carbons (Fsp3) is 0.333. The molecule has 0 fully saturated rings. The van der Waals surface area contributed by atoms with E-state index in [1.54, 1.807) is 6.07 Å². The van der Waals surface area contributed by atoms with Crippen LogP contribution in [-0.4, -0.2) is 12.5 Å². The Kier molecular flexibility index (Phi) is 5.03. The van der Waals surface area contributed by atoms with Crippen molar-refractivity contribution in [2.45, 2.75) is 19.4 Å². The van der Waals surface area contributed by atoms with Crippen LogP contribution in [0.1, 0.15) is 24.0 Å². The van der Waals surface area contributed by atoms with E-state index in [9.17, 15) is 4.79 Å². The van der Waals surface area contributed by atoms with Gasteiger partial charge in [-0.2, -0.15) is 5.26 Å². The fourth-order valence-corrected chi connectivity index (χ4v) is 1.37. The molecule has 1 rings (SSSR count). The second kappa shape index (κ2) is 6.59. The second-order valence-electron chi connectivity index (χ2n) is 3.56. The Morgan fingerprint density at radius 1 is 1.50 bits per heavy atom. The first kappa shape index (κ1) is 12.2. The van der Waals surface area contributed by atoms with Crippen LogP contribution in [0.25, 0.3) is 0 Å². The van der Waals surface area contributed by atoms with E-state index >= 15 is 0 Å². The average molecular weight is 217 g/mol. The molecule has 16 heavy (non-hydrogen) atoms. The van der Waals surface area contributed by atoms with Crippen molar-refractivity contribution >= 4 is 5.91 Å². The summed E-state index contributed by atoms with van der Waals surface area (Å²) in [6.07, 6.45) is 1.15. The average Bonchev–Trinajstić information content (AvgIpc) is 2.28. The molecule has 4 nitrogen and oxygen atoms in total. The quantitative estimate of drug-likeness (QED) is 0.695. The molecule has 1 aromatic carbocycles. The van der Waals surface area contributed by atoms with Crippen LogP contribution in [0.15, 0.2) is 24.3 Å². The SMILES string of the molecule is N#Cc1cccc(CNCCCC(N)=O)c1. The molecule has 3 N–H and O–H groups in total. The molecule has 1 aromatic rings. The van der Waals surface area contributed by atoms with Crippen LogP contribution in [-0.2, 0) is 11.3 Å². The second-order valence-corrected chi connectivity index (χ2v) is 3.56. The Morgan fingerprint density at radius 2 is 2.31 bits per heavy atom. The molecule has 0 aliphatic heterocycles. The Balaban J connectivity index is 2.27. The summed E-state index contributed by atoms with van der Waals surface area (Å²) in [5.41, 5.74) is 6.75. The maximum atomic E-state index is 10.5. The van der Waals surface area contributed by atoms with Gasteiger partial charge in [0.1, 0.15) is 0 Å². The number of nitrogens with one attached hydrogen (secondary N) is 1. The Hall–Kier alpha value is -1.86. The van der Waals surface area contributed by atoms with Crippen LogP contribution in [0.3, 0.4) is 0 Å². The minimum absolute atomic E-state index is 0.270. The molecule has 0 spiro atoms. The molecule has 0 aliphatic rings. The van der Waals surface area contributed by atoms with Gasteiger partial charge < -0.3 is 11.1 Å². The van der Waals surface area contributed by atoms with Gasteiger partial charge in [0.05, 0.1) is 11.6 Å². The maximum Gasteiger partial charge on any atom is 0.217 e. The first-order valence-corrected chi connectivity index (χ1v) is 5.20. The van der Waals surface area contributed by atoms with Crippen LogP contribution in [0.5, 0.6) is 0 Å². The monoisotopic (exact) mass is 217 g/mol. The molecule has 0 unspecified atom stereocenters. The van der Waals surface area contributed by atoms with Crippen LogP contribution in [0.2, 0.25) is 0 Å². The summed E-state index contributed by atoms with van der Waals surface area (Å²) in [5.74, 6) is -0.270. The first-order chi connectivity index (χ1) is 7.72. The van der Waals surface area contributed by atoms with Crippen LogP contribution in [0, 0.1) is 11.3 Å². The zero-order chi connectivity index (χ0) is 11.8. The first-order valence-electron chi connectivity index (χ1n) is 5.20. The maximum absolute atomic E-state index is 10.5. The molecular formula is C12H15N3O. The minimum atomic E-state index is -0.270. The molecule has 0 bridgehead atoms. The van der Waals surface area contributed by atoms with Gasteiger partial charge in [-0.3, -0.25) is 4.79 Å². The molecule has 0 saturated carbocycles. The zero-order valence-corrected chi connectivity index (χ0v) is 9.07. The summed E-state index contributed by atoms with van der Waals surface area (Å²) in [6, 6.07) is 9.54. The van der Waals surface area contributed by atoms with E-state index in [2.05, 4.69) is 11.4 Å². The van der Waals surface area contributed by atoms with Gasteiger partial charge in [0.15, 0.2) is 0 Å². The minimum Gasteiger partial charge on any atom is -0.370 e. The summed E-state index contributed by atoms with van der Waals surface area (Å²) in [4.78, 5) is 10.5. The van der Waals surface area contributed by atoms with Gasteiger partial charge in [0.2, 0.25) is 5.91 Å². The molecule has 0 aliphatic carbocycles. The van der Waals surface area contributed by atoms with Crippen molar-refractivity contribution in [3.05, 3.63) is 35.4 Å². The van der Waals surface area contributed by atoms with E-state index in [1.807, 2.05) is 18.2 Å². The summed E-state index contributed by atoms with van der Waals surface area (Å²) in [6.45, 7) is 1.45. The van der Waals surface area contributed by atoms with Crippen molar-refractivity contribution in [3.63, 3.8) is 0 Å². The van der Waals surface area contributed by atoms with Gasteiger partial charge in [0.25, 0.3) is 0 Å². The zero-order valence-electron chi connectivity index (χ0n) is 9.07. The number of carbonyl (C=O) groups is 1. The van der Waals surface area contributed by atoms with E-state index in [1.165, 1.54) is 0 Å². The van der Waals surface area contributed by atoms with Crippen molar-refractivity contribution in [1.29, 1.82) is 5.26 Å². The Morgan fingerprint density at radius 3 is 3.00 bits per heavy atom. The highest BCUT2D eigenvalue weighted by Crippen LogP contribution is 2.03. The number of rotatable bonds is 6. The lowest BCUT2D eigenvalue weighted by atomic mass is 10.1. The number of nitrogens with zero attached hydrogens (tertiary/aromatic N) is 1. The predicted molar refractivity (Wildman–Crippen MR) is 61.3 cm³/mol.